The Morgan fingerprint density at radius 1 is 1.16 bits per heavy atom. The predicted molar refractivity (Wildman–Crippen MR) is 97.0 cm³/mol. The molecule has 1 aromatic rings. The van der Waals surface area contributed by atoms with E-state index in [4.69, 9.17) is 4.42 Å². The largest absolute Gasteiger partial charge is 0.468 e. The van der Waals surface area contributed by atoms with Crippen LogP contribution in [0.2, 0.25) is 0 Å². The van der Waals surface area contributed by atoms with Gasteiger partial charge in [-0.2, -0.15) is 0 Å². The molecule has 1 unspecified atom stereocenters. The quantitative estimate of drug-likeness (QED) is 0.637. The van der Waals surface area contributed by atoms with Crippen LogP contribution >= 0.6 is 0 Å². The summed E-state index contributed by atoms with van der Waals surface area (Å²) in [5, 5.41) is 5.84. The van der Waals surface area contributed by atoms with Crippen LogP contribution in [-0.4, -0.2) is 42.9 Å². The van der Waals surface area contributed by atoms with Gasteiger partial charge in [0.25, 0.3) is 0 Å². The van der Waals surface area contributed by atoms with Gasteiger partial charge in [0.2, 0.25) is 11.8 Å². The molecule has 1 aromatic heterocycles. The van der Waals surface area contributed by atoms with Crippen LogP contribution < -0.4 is 10.6 Å². The topological polar surface area (TPSA) is 74.6 Å². The van der Waals surface area contributed by atoms with Crippen molar-refractivity contribution in [3.05, 3.63) is 24.2 Å². The van der Waals surface area contributed by atoms with Crippen molar-refractivity contribution < 1.29 is 14.0 Å². The van der Waals surface area contributed by atoms with E-state index in [1.54, 1.807) is 6.26 Å². The van der Waals surface area contributed by atoms with Gasteiger partial charge in [-0.15, -0.1) is 0 Å². The van der Waals surface area contributed by atoms with E-state index in [0.29, 0.717) is 19.5 Å². The standard InChI is InChI=1S/C19H31N3O3/c1-16(23)20-11-5-2-4-10-19(24)21-15-17(18-9-8-14-25-18)22-12-6-3-7-13-22/h8-9,14,17H,2-7,10-13,15H2,1H3,(H,20,23)(H,21,24). The van der Waals surface area contributed by atoms with E-state index < -0.39 is 0 Å². The molecule has 0 saturated carbocycles. The smallest absolute Gasteiger partial charge is 0.220 e. The van der Waals surface area contributed by atoms with E-state index >= 15 is 0 Å². The highest BCUT2D eigenvalue weighted by atomic mass is 16.3. The molecule has 1 aliphatic rings. The molecule has 0 aromatic carbocycles. The Bertz CT molecular complexity index is 510. The highest BCUT2D eigenvalue weighted by Gasteiger charge is 2.24. The zero-order chi connectivity index (χ0) is 17.9. The number of amides is 2. The van der Waals surface area contributed by atoms with E-state index in [0.717, 1.165) is 38.1 Å². The average Bonchev–Trinajstić information content (AvgIpc) is 3.13. The SMILES string of the molecule is CC(=O)NCCCCCC(=O)NCC(c1ccco1)N1CCCCC1. The number of hydrogen-bond acceptors (Lipinski definition) is 4. The summed E-state index contributed by atoms with van der Waals surface area (Å²) in [4.78, 5) is 25.3. The van der Waals surface area contributed by atoms with Gasteiger partial charge in [-0.05, 0) is 50.9 Å². The molecule has 6 heteroatoms. The van der Waals surface area contributed by atoms with Crippen LogP contribution in [0.25, 0.3) is 0 Å². The number of nitrogens with zero attached hydrogens (tertiary/aromatic N) is 1. The summed E-state index contributed by atoms with van der Waals surface area (Å²) in [6, 6.07) is 4.02. The Kier molecular flexibility index (Phi) is 8.52. The number of carbonyl (C=O) groups excluding carboxylic acids is 2. The first-order valence-electron chi connectivity index (χ1n) is 9.45. The minimum absolute atomic E-state index is 0.000534. The lowest BCUT2D eigenvalue weighted by Crippen LogP contribution is -2.40. The number of likely N-dealkylation sites (tertiary alicyclic amines) is 1. The third-order valence-electron chi connectivity index (χ3n) is 4.65. The molecule has 2 amide bonds. The van der Waals surface area contributed by atoms with E-state index in [-0.39, 0.29) is 17.9 Å². The predicted octanol–water partition coefficient (Wildman–Crippen LogP) is 2.62. The maximum atomic E-state index is 12.1. The molecule has 2 rings (SSSR count). The molecule has 6 nitrogen and oxygen atoms in total. The van der Waals surface area contributed by atoms with E-state index in [2.05, 4.69) is 15.5 Å². The maximum absolute atomic E-state index is 12.1. The third kappa shape index (κ3) is 7.30. The molecule has 1 saturated heterocycles. The van der Waals surface area contributed by atoms with Crippen molar-refractivity contribution >= 4 is 11.8 Å². The molecular formula is C19H31N3O3. The number of nitrogens with one attached hydrogen (secondary N) is 2. The van der Waals surface area contributed by atoms with Gasteiger partial charge in [0.15, 0.2) is 0 Å². The normalized spacial score (nSPS) is 16.4. The maximum Gasteiger partial charge on any atom is 0.220 e. The number of rotatable bonds is 10. The summed E-state index contributed by atoms with van der Waals surface area (Å²) in [6.45, 7) is 4.92. The molecule has 1 atom stereocenters. The number of unbranched alkanes of at least 4 members (excludes halogenated alkanes) is 2. The molecule has 140 valence electrons. The Labute approximate surface area is 150 Å². The highest BCUT2D eigenvalue weighted by Crippen LogP contribution is 2.24. The fourth-order valence-corrected chi connectivity index (χ4v) is 3.27. The van der Waals surface area contributed by atoms with Crippen LogP contribution in [0, 0.1) is 0 Å². The van der Waals surface area contributed by atoms with E-state index in [1.165, 1.54) is 26.2 Å². The molecule has 25 heavy (non-hydrogen) atoms. The molecule has 1 fully saturated rings. The first-order chi connectivity index (χ1) is 12.2. The van der Waals surface area contributed by atoms with Crippen molar-refractivity contribution in [1.82, 2.24) is 15.5 Å². The molecule has 0 bridgehead atoms. The van der Waals surface area contributed by atoms with Crippen molar-refractivity contribution in [2.24, 2.45) is 0 Å². The van der Waals surface area contributed by atoms with E-state index in [9.17, 15) is 9.59 Å². The number of furan rings is 1. The molecule has 0 radical (unpaired) electrons. The van der Waals surface area contributed by atoms with E-state index in [1.807, 2.05) is 12.1 Å². The van der Waals surface area contributed by atoms with Gasteiger partial charge in [0.1, 0.15) is 5.76 Å². The van der Waals surface area contributed by atoms with Crippen molar-refractivity contribution in [1.29, 1.82) is 0 Å². The van der Waals surface area contributed by atoms with Crippen molar-refractivity contribution in [3.8, 4) is 0 Å². The Morgan fingerprint density at radius 3 is 2.64 bits per heavy atom. The summed E-state index contributed by atoms with van der Waals surface area (Å²) in [6.07, 6.45) is 8.64. The zero-order valence-corrected chi connectivity index (χ0v) is 15.3. The van der Waals surface area contributed by atoms with Crippen LogP contribution in [0.4, 0.5) is 0 Å². The fraction of sp³-hybridized carbons (Fsp3) is 0.684. The van der Waals surface area contributed by atoms with Crippen LogP contribution in [0.5, 0.6) is 0 Å². The molecule has 2 N–H and O–H groups in total. The molecule has 0 aliphatic carbocycles. The monoisotopic (exact) mass is 349 g/mol. The van der Waals surface area contributed by atoms with Crippen LogP contribution in [-0.2, 0) is 9.59 Å². The second-order valence-electron chi connectivity index (χ2n) is 6.73. The summed E-state index contributed by atoms with van der Waals surface area (Å²) in [5.74, 6) is 1.02. The molecular weight excluding hydrogens is 318 g/mol. The van der Waals surface area contributed by atoms with Crippen molar-refractivity contribution in [2.75, 3.05) is 26.2 Å². The lowest BCUT2D eigenvalue weighted by Gasteiger charge is -2.33. The van der Waals surface area contributed by atoms with Gasteiger partial charge >= 0.3 is 0 Å². The summed E-state index contributed by atoms with van der Waals surface area (Å²) in [7, 11) is 0. The lowest BCUT2D eigenvalue weighted by molar-refractivity contribution is -0.121. The lowest BCUT2D eigenvalue weighted by atomic mass is 10.1. The number of carbonyl (C=O) groups is 2. The number of piperidine rings is 1. The van der Waals surface area contributed by atoms with Crippen molar-refractivity contribution in [2.45, 2.75) is 57.9 Å². The first kappa shape index (κ1) is 19.5. The van der Waals surface area contributed by atoms with Gasteiger partial charge in [-0.1, -0.05) is 12.8 Å². The number of hydrogen-bond donors (Lipinski definition) is 2. The van der Waals surface area contributed by atoms with Gasteiger partial charge in [-0.25, -0.2) is 0 Å². The van der Waals surface area contributed by atoms with Gasteiger partial charge < -0.3 is 15.1 Å². The summed E-state index contributed by atoms with van der Waals surface area (Å²) in [5.41, 5.74) is 0. The highest BCUT2D eigenvalue weighted by molar-refractivity contribution is 5.75. The average molecular weight is 349 g/mol. The zero-order valence-electron chi connectivity index (χ0n) is 15.3. The second kappa shape index (κ2) is 10.9. The second-order valence-corrected chi connectivity index (χ2v) is 6.73. The third-order valence-corrected chi connectivity index (χ3v) is 4.65. The van der Waals surface area contributed by atoms with Crippen LogP contribution in [0.3, 0.4) is 0 Å². The fourth-order valence-electron chi connectivity index (χ4n) is 3.27. The molecule has 1 aliphatic heterocycles. The Morgan fingerprint density at radius 2 is 1.96 bits per heavy atom. The Hall–Kier alpha value is -1.82. The Balaban J connectivity index is 1.69. The van der Waals surface area contributed by atoms with Gasteiger partial charge in [0.05, 0.1) is 12.3 Å². The summed E-state index contributed by atoms with van der Waals surface area (Å²) < 4.78 is 5.60. The first-order valence-corrected chi connectivity index (χ1v) is 9.45. The van der Waals surface area contributed by atoms with Crippen molar-refractivity contribution in [3.63, 3.8) is 0 Å². The molecule has 2 heterocycles. The van der Waals surface area contributed by atoms with Crippen LogP contribution in [0.15, 0.2) is 22.8 Å². The molecule has 0 spiro atoms. The van der Waals surface area contributed by atoms with Crippen LogP contribution in [0.1, 0.15) is 63.7 Å². The minimum atomic E-state index is -0.000534. The van der Waals surface area contributed by atoms with Gasteiger partial charge in [-0.3, -0.25) is 14.5 Å². The summed E-state index contributed by atoms with van der Waals surface area (Å²) >= 11 is 0. The van der Waals surface area contributed by atoms with Gasteiger partial charge in [0, 0.05) is 26.4 Å². The minimum Gasteiger partial charge on any atom is -0.468 e.